The Morgan fingerprint density at radius 1 is 1.54 bits per heavy atom. The molecule has 0 aliphatic heterocycles. The van der Waals surface area contributed by atoms with E-state index in [1.165, 1.54) is 0 Å². The van der Waals surface area contributed by atoms with Crippen LogP contribution >= 0.6 is 31.9 Å². The second-order valence-corrected chi connectivity index (χ2v) is 4.76. The van der Waals surface area contributed by atoms with Gasteiger partial charge >= 0.3 is 0 Å². The smallest absolute Gasteiger partial charge is 0.151 e. The molecule has 1 aliphatic rings. The average Bonchev–Trinajstić information content (AvgIpc) is 2.11. The van der Waals surface area contributed by atoms with Crippen molar-refractivity contribution >= 4 is 38.1 Å². The monoisotopic (exact) mass is 304 g/mol. The van der Waals surface area contributed by atoms with Gasteiger partial charge in [-0.3, -0.25) is 4.79 Å². The van der Waals surface area contributed by atoms with E-state index in [0.717, 1.165) is 21.7 Å². The zero-order chi connectivity index (χ0) is 9.84. The van der Waals surface area contributed by atoms with Crippen molar-refractivity contribution in [3.05, 3.63) is 32.8 Å². The van der Waals surface area contributed by atoms with Gasteiger partial charge in [0, 0.05) is 10.1 Å². The largest absolute Gasteiger partial charge is 0.298 e. The lowest BCUT2D eigenvalue weighted by molar-refractivity contribution is -0.104. The number of allylic oxidation sites excluding steroid dienone is 6. The van der Waals surface area contributed by atoms with Crippen molar-refractivity contribution in [2.75, 3.05) is 0 Å². The number of hydrogen-bond acceptors (Lipinski definition) is 1. The van der Waals surface area contributed by atoms with Crippen LogP contribution in [-0.2, 0) is 4.79 Å². The van der Waals surface area contributed by atoms with Gasteiger partial charge in [0.05, 0.1) is 0 Å². The van der Waals surface area contributed by atoms with Crippen LogP contribution in [0.5, 0.6) is 0 Å². The Balaban J connectivity index is 3.11. The Labute approximate surface area is 94.8 Å². The van der Waals surface area contributed by atoms with E-state index >= 15 is 0 Å². The van der Waals surface area contributed by atoms with Crippen molar-refractivity contribution < 1.29 is 4.79 Å². The summed E-state index contributed by atoms with van der Waals surface area (Å²) < 4.78 is 1.90. The van der Waals surface area contributed by atoms with Crippen LogP contribution in [0.15, 0.2) is 32.8 Å². The fourth-order valence-corrected chi connectivity index (χ4v) is 1.86. The van der Waals surface area contributed by atoms with Gasteiger partial charge in [0.2, 0.25) is 0 Å². The van der Waals surface area contributed by atoms with Gasteiger partial charge in [-0.2, -0.15) is 0 Å². The first kappa shape index (κ1) is 10.9. The van der Waals surface area contributed by atoms with Gasteiger partial charge in [-0.05, 0) is 22.9 Å². The fourth-order valence-electron chi connectivity index (χ4n) is 1.03. The number of rotatable bonds is 1. The van der Waals surface area contributed by atoms with Crippen molar-refractivity contribution in [2.45, 2.75) is 13.3 Å². The Morgan fingerprint density at radius 2 is 2.23 bits per heavy atom. The summed E-state index contributed by atoms with van der Waals surface area (Å²) in [6.45, 7) is 2.12. The summed E-state index contributed by atoms with van der Waals surface area (Å²) in [5.41, 5.74) is 0.676. The van der Waals surface area contributed by atoms with Crippen LogP contribution in [0.25, 0.3) is 0 Å². The molecule has 13 heavy (non-hydrogen) atoms. The van der Waals surface area contributed by atoms with E-state index < -0.39 is 0 Å². The lowest BCUT2D eigenvalue weighted by Crippen LogP contribution is -1.96. The van der Waals surface area contributed by atoms with Crippen LogP contribution in [0.3, 0.4) is 0 Å². The van der Waals surface area contributed by atoms with Crippen molar-refractivity contribution in [3.63, 3.8) is 0 Å². The third kappa shape index (κ3) is 2.92. The molecule has 1 unspecified atom stereocenters. The van der Waals surface area contributed by atoms with Gasteiger partial charge in [0.25, 0.3) is 0 Å². The van der Waals surface area contributed by atoms with Crippen molar-refractivity contribution in [2.24, 2.45) is 5.92 Å². The number of carbonyl (C=O) groups excluding carboxylic acids is 1. The maximum atomic E-state index is 10.7. The highest BCUT2D eigenvalue weighted by Gasteiger charge is 2.08. The minimum Gasteiger partial charge on any atom is -0.298 e. The summed E-state index contributed by atoms with van der Waals surface area (Å²) in [5, 5.41) is 0. The molecule has 0 aromatic rings. The van der Waals surface area contributed by atoms with E-state index in [1.54, 1.807) is 0 Å². The zero-order valence-electron chi connectivity index (χ0n) is 7.26. The Morgan fingerprint density at radius 3 is 2.85 bits per heavy atom. The summed E-state index contributed by atoms with van der Waals surface area (Å²) >= 11 is 6.80. The van der Waals surface area contributed by atoms with E-state index in [9.17, 15) is 4.79 Å². The standard InChI is InChI=1S/C10H10Br2O/c1-7-3-2-4-9(11)8(6-13)5-10(7)12/h2,4-7H,3H2,1H3/b4-2+,9-8-,10-5+. The van der Waals surface area contributed by atoms with E-state index in [4.69, 9.17) is 0 Å². The molecule has 0 aromatic heterocycles. The normalized spacial score (nSPS) is 35.6. The molecule has 0 fully saturated rings. The van der Waals surface area contributed by atoms with Crippen LogP contribution in [-0.4, -0.2) is 6.29 Å². The number of hydrogen-bond donors (Lipinski definition) is 0. The molecular formula is C10H10Br2O. The van der Waals surface area contributed by atoms with Gasteiger partial charge in [-0.1, -0.05) is 50.9 Å². The van der Waals surface area contributed by atoms with Crippen LogP contribution in [0.4, 0.5) is 0 Å². The second kappa shape index (κ2) is 4.91. The van der Waals surface area contributed by atoms with Gasteiger partial charge in [-0.25, -0.2) is 0 Å². The van der Waals surface area contributed by atoms with E-state index in [1.807, 2.05) is 12.2 Å². The third-order valence-corrected chi connectivity index (χ3v) is 3.65. The molecule has 0 amide bonds. The molecule has 1 atom stereocenters. The molecule has 1 aliphatic carbocycles. The molecular weight excluding hydrogens is 296 g/mol. The third-order valence-electron chi connectivity index (χ3n) is 1.92. The second-order valence-electron chi connectivity index (χ2n) is 2.99. The summed E-state index contributed by atoms with van der Waals surface area (Å²) in [6, 6.07) is 0. The molecule has 0 bridgehead atoms. The molecule has 0 saturated carbocycles. The average molecular weight is 306 g/mol. The van der Waals surface area contributed by atoms with Gasteiger partial charge in [0.1, 0.15) is 0 Å². The first-order chi connectivity index (χ1) is 6.15. The van der Waals surface area contributed by atoms with E-state index in [0.29, 0.717) is 11.5 Å². The first-order valence-corrected chi connectivity index (χ1v) is 5.62. The van der Waals surface area contributed by atoms with Crippen LogP contribution in [0, 0.1) is 5.92 Å². The summed E-state index contributed by atoms with van der Waals surface area (Å²) in [7, 11) is 0. The van der Waals surface area contributed by atoms with Crippen LogP contribution < -0.4 is 0 Å². The Bertz CT molecular complexity index is 300. The summed E-state index contributed by atoms with van der Waals surface area (Å²) in [5.74, 6) is 0.437. The molecule has 70 valence electrons. The molecule has 0 N–H and O–H groups in total. The number of aldehydes is 1. The van der Waals surface area contributed by atoms with Crippen LogP contribution in [0.2, 0.25) is 0 Å². The van der Waals surface area contributed by atoms with Crippen molar-refractivity contribution in [1.82, 2.24) is 0 Å². The molecule has 0 heterocycles. The van der Waals surface area contributed by atoms with E-state index in [-0.39, 0.29) is 0 Å². The van der Waals surface area contributed by atoms with Gasteiger partial charge in [0.15, 0.2) is 6.29 Å². The topological polar surface area (TPSA) is 17.1 Å². The highest BCUT2D eigenvalue weighted by molar-refractivity contribution is 9.12. The van der Waals surface area contributed by atoms with E-state index in [2.05, 4.69) is 44.9 Å². The molecule has 3 heteroatoms. The summed E-state index contributed by atoms with van der Waals surface area (Å²) in [6.07, 6.45) is 7.69. The Hall–Kier alpha value is -0.150. The maximum absolute atomic E-state index is 10.7. The summed E-state index contributed by atoms with van der Waals surface area (Å²) in [4.78, 5) is 10.7. The number of carbonyl (C=O) groups is 1. The lowest BCUT2D eigenvalue weighted by Gasteiger charge is -2.10. The predicted octanol–water partition coefficient (Wildman–Crippen LogP) is 3.71. The minimum absolute atomic E-state index is 0.437. The minimum atomic E-state index is 0.437. The lowest BCUT2D eigenvalue weighted by atomic mass is 10.0. The maximum Gasteiger partial charge on any atom is 0.151 e. The molecule has 1 rings (SSSR count). The highest BCUT2D eigenvalue weighted by Crippen LogP contribution is 2.27. The molecule has 0 aromatic carbocycles. The molecule has 1 nitrogen and oxygen atoms in total. The molecule has 0 radical (unpaired) electrons. The highest BCUT2D eigenvalue weighted by atomic mass is 79.9. The SMILES string of the molecule is CC1C/C=C/C(Br)=C(C=O)\C=C/1Br. The molecule has 0 saturated heterocycles. The van der Waals surface area contributed by atoms with Crippen LogP contribution in [0.1, 0.15) is 13.3 Å². The van der Waals surface area contributed by atoms with Gasteiger partial charge in [-0.15, -0.1) is 0 Å². The molecule has 0 spiro atoms. The first-order valence-electron chi connectivity index (χ1n) is 4.03. The fraction of sp³-hybridized carbons (Fsp3) is 0.300. The van der Waals surface area contributed by atoms with Crippen molar-refractivity contribution in [3.8, 4) is 0 Å². The predicted molar refractivity (Wildman–Crippen MR) is 61.9 cm³/mol. The van der Waals surface area contributed by atoms with Crippen molar-refractivity contribution in [1.29, 1.82) is 0 Å². The zero-order valence-corrected chi connectivity index (χ0v) is 10.4. The quantitative estimate of drug-likeness (QED) is 0.675. The van der Waals surface area contributed by atoms with Gasteiger partial charge < -0.3 is 0 Å². The number of halogens is 2. The Kier molecular flexibility index (Phi) is 4.13.